The summed E-state index contributed by atoms with van der Waals surface area (Å²) in [4.78, 5) is 2.66. The van der Waals surface area contributed by atoms with Crippen molar-refractivity contribution in [3.63, 3.8) is 0 Å². The highest BCUT2D eigenvalue weighted by atomic mass is 35.5. The van der Waals surface area contributed by atoms with Crippen LogP contribution in [0, 0.1) is 5.92 Å². The molecule has 1 aromatic rings. The first-order valence-corrected chi connectivity index (χ1v) is 8.48. The normalized spacial score (nSPS) is 25.9. The molecule has 0 aromatic heterocycles. The Morgan fingerprint density at radius 1 is 1.27 bits per heavy atom. The summed E-state index contributed by atoms with van der Waals surface area (Å²) in [6, 6.07) is 9.75. The van der Waals surface area contributed by atoms with Crippen LogP contribution >= 0.6 is 12.4 Å². The maximum absolute atomic E-state index is 5.50. The molecule has 124 valence electrons. The summed E-state index contributed by atoms with van der Waals surface area (Å²) >= 11 is 0. The van der Waals surface area contributed by atoms with E-state index >= 15 is 0 Å². The summed E-state index contributed by atoms with van der Waals surface area (Å²) in [6.45, 7) is 8.71. The Morgan fingerprint density at radius 3 is 2.77 bits per heavy atom. The number of benzene rings is 1. The van der Waals surface area contributed by atoms with Gasteiger partial charge in [-0.25, -0.2) is 0 Å². The second kappa shape index (κ2) is 8.88. The van der Waals surface area contributed by atoms with Crippen LogP contribution < -0.4 is 5.32 Å². The van der Waals surface area contributed by atoms with E-state index in [1.165, 1.54) is 30.5 Å². The molecule has 0 radical (unpaired) electrons. The molecule has 2 atom stereocenters. The first-order chi connectivity index (χ1) is 10.4. The highest BCUT2D eigenvalue weighted by Crippen LogP contribution is 2.25. The minimum absolute atomic E-state index is 0. The Balaban J connectivity index is 0.00000176. The van der Waals surface area contributed by atoms with E-state index in [-0.39, 0.29) is 12.4 Å². The number of piperazine rings is 1. The quantitative estimate of drug-likeness (QED) is 0.901. The standard InChI is InChI=1S/C18H28N2O.ClH/c1-2-15-3-5-17(6-4-15)18-13-19-9-11-20(18)10-7-16-8-12-21-14-16;/h3-6,16,18-19H,2,7-14H2,1H3;1H. The monoisotopic (exact) mass is 324 g/mol. The van der Waals surface area contributed by atoms with Crippen molar-refractivity contribution in [2.75, 3.05) is 39.4 Å². The molecule has 2 saturated heterocycles. The van der Waals surface area contributed by atoms with Crippen molar-refractivity contribution < 1.29 is 4.74 Å². The molecule has 2 fully saturated rings. The predicted molar refractivity (Wildman–Crippen MR) is 93.8 cm³/mol. The van der Waals surface area contributed by atoms with Crippen LogP contribution in [-0.2, 0) is 11.2 Å². The Labute approximate surface area is 140 Å². The topological polar surface area (TPSA) is 24.5 Å². The molecule has 0 bridgehead atoms. The first kappa shape index (κ1) is 17.7. The van der Waals surface area contributed by atoms with Crippen LogP contribution in [0.5, 0.6) is 0 Å². The molecule has 4 heteroatoms. The number of rotatable bonds is 5. The van der Waals surface area contributed by atoms with Gasteiger partial charge in [0.15, 0.2) is 0 Å². The highest BCUT2D eigenvalue weighted by molar-refractivity contribution is 5.85. The summed E-state index contributed by atoms with van der Waals surface area (Å²) in [7, 11) is 0. The van der Waals surface area contributed by atoms with Crippen LogP contribution in [0.4, 0.5) is 0 Å². The minimum Gasteiger partial charge on any atom is -0.381 e. The van der Waals surface area contributed by atoms with Crippen LogP contribution in [0.25, 0.3) is 0 Å². The average Bonchev–Trinajstić information content (AvgIpc) is 3.07. The van der Waals surface area contributed by atoms with Crippen LogP contribution in [0.2, 0.25) is 0 Å². The number of hydrogen-bond donors (Lipinski definition) is 1. The van der Waals surface area contributed by atoms with Crippen LogP contribution in [0.15, 0.2) is 24.3 Å². The van der Waals surface area contributed by atoms with Gasteiger partial charge in [-0.2, -0.15) is 0 Å². The second-order valence-electron chi connectivity index (χ2n) is 6.37. The maximum Gasteiger partial charge on any atom is 0.0495 e. The van der Waals surface area contributed by atoms with Crippen molar-refractivity contribution in [3.8, 4) is 0 Å². The van der Waals surface area contributed by atoms with Gasteiger partial charge in [0.25, 0.3) is 0 Å². The molecule has 2 aliphatic heterocycles. The molecule has 0 spiro atoms. The van der Waals surface area contributed by atoms with Crippen molar-refractivity contribution in [3.05, 3.63) is 35.4 Å². The molecule has 2 aliphatic rings. The van der Waals surface area contributed by atoms with Crippen LogP contribution in [-0.4, -0.2) is 44.3 Å². The van der Waals surface area contributed by atoms with E-state index < -0.39 is 0 Å². The van der Waals surface area contributed by atoms with Gasteiger partial charge in [0.05, 0.1) is 0 Å². The van der Waals surface area contributed by atoms with E-state index in [0.29, 0.717) is 6.04 Å². The highest BCUT2D eigenvalue weighted by Gasteiger charge is 2.25. The number of hydrogen-bond acceptors (Lipinski definition) is 3. The summed E-state index contributed by atoms with van der Waals surface area (Å²) < 4.78 is 5.50. The Hall–Kier alpha value is -0.610. The molecule has 0 saturated carbocycles. The van der Waals surface area contributed by atoms with Gasteiger partial charge in [0.1, 0.15) is 0 Å². The molecular formula is C18H29ClN2O. The number of aryl methyl sites for hydroxylation is 1. The summed E-state index contributed by atoms with van der Waals surface area (Å²) in [5.74, 6) is 0.781. The summed E-state index contributed by atoms with van der Waals surface area (Å²) in [6.07, 6.45) is 3.65. The Kier molecular flexibility index (Phi) is 7.16. The van der Waals surface area contributed by atoms with E-state index in [0.717, 1.165) is 45.2 Å². The summed E-state index contributed by atoms with van der Waals surface area (Å²) in [5.41, 5.74) is 2.89. The molecule has 1 aromatic carbocycles. The van der Waals surface area contributed by atoms with E-state index in [1.807, 2.05) is 0 Å². The van der Waals surface area contributed by atoms with Gasteiger partial charge in [0, 0.05) is 38.9 Å². The van der Waals surface area contributed by atoms with Crippen LogP contribution in [0.1, 0.15) is 36.9 Å². The zero-order valence-electron chi connectivity index (χ0n) is 13.6. The Bertz CT molecular complexity index is 431. The molecule has 3 nitrogen and oxygen atoms in total. The van der Waals surface area contributed by atoms with Gasteiger partial charge >= 0.3 is 0 Å². The van der Waals surface area contributed by atoms with Gasteiger partial charge in [-0.3, -0.25) is 4.90 Å². The fourth-order valence-electron chi connectivity index (χ4n) is 3.48. The molecular weight excluding hydrogens is 296 g/mol. The fourth-order valence-corrected chi connectivity index (χ4v) is 3.48. The zero-order chi connectivity index (χ0) is 14.5. The lowest BCUT2D eigenvalue weighted by Crippen LogP contribution is -2.46. The zero-order valence-corrected chi connectivity index (χ0v) is 14.4. The van der Waals surface area contributed by atoms with Gasteiger partial charge in [-0.05, 0) is 42.9 Å². The number of nitrogens with zero attached hydrogens (tertiary/aromatic N) is 1. The van der Waals surface area contributed by atoms with Gasteiger partial charge in [-0.15, -0.1) is 12.4 Å². The molecule has 2 heterocycles. The number of nitrogens with one attached hydrogen (secondary N) is 1. The van der Waals surface area contributed by atoms with Crippen LogP contribution in [0.3, 0.4) is 0 Å². The van der Waals surface area contributed by atoms with E-state index in [9.17, 15) is 0 Å². The lowest BCUT2D eigenvalue weighted by molar-refractivity contribution is 0.143. The molecule has 3 rings (SSSR count). The van der Waals surface area contributed by atoms with Gasteiger partial charge < -0.3 is 10.1 Å². The van der Waals surface area contributed by atoms with E-state index in [4.69, 9.17) is 4.74 Å². The lowest BCUT2D eigenvalue weighted by Gasteiger charge is -2.37. The smallest absolute Gasteiger partial charge is 0.0495 e. The molecule has 22 heavy (non-hydrogen) atoms. The average molecular weight is 325 g/mol. The molecule has 0 amide bonds. The molecule has 2 unspecified atom stereocenters. The Morgan fingerprint density at radius 2 is 2.09 bits per heavy atom. The van der Waals surface area contributed by atoms with E-state index in [1.54, 1.807) is 0 Å². The fraction of sp³-hybridized carbons (Fsp3) is 0.667. The minimum atomic E-state index is 0. The van der Waals surface area contributed by atoms with Crippen molar-refractivity contribution in [1.82, 2.24) is 10.2 Å². The number of ether oxygens (including phenoxy) is 1. The maximum atomic E-state index is 5.50. The third-order valence-corrected chi connectivity index (χ3v) is 4.98. The van der Waals surface area contributed by atoms with Gasteiger partial charge in [-0.1, -0.05) is 31.2 Å². The molecule has 0 aliphatic carbocycles. The predicted octanol–water partition coefficient (Wildman–Crippen LogP) is 3.04. The first-order valence-electron chi connectivity index (χ1n) is 8.48. The van der Waals surface area contributed by atoms with Gasteiger partial charge in [0.2, 0.25) is 0 Å². The molecule has 1 N–H and O–H groups in total. The largest absolute Gasteiger partial charge is 0.381 e. The van der Waals surface area contributed by atoms with Crippen molar-refractivity contribution in [2.24, 2.45) is 5.92 Å². The summed E-state index contributed by atoms with van der Waals surface area (Å²) in [5, 5.41) is 3.55. The van der Waals surface area contributed by atoms with E-state index in [2.05, 4.69) is 41.4 Å². The SMILES string of the molecule is CCc1ccc(C2CNCCN2CCC2CCOC2)cc1.Cl. The van der Waals surface area contributed by atoms with Crippen molar-refractivity contribution in [1.29, 1.82) is 0 Å². The van der Waals surface area contributed by atoms with Crippen molar-refractivity contribution >= 4 is 12.4 Å². The third kappa shape index (κ3) is 4.45. The third-order valence-electron chi connectivity index (χ3n) is 4.98. The number of halogens is 1. The second-order valence-corrected chi connectivity index (χ2v) is 6.37. The lowest BCUT2D eigenvalue weighted by atomic mass is 9.99. The van der Waals surface area contributed by atoms with Crippen molar-refractivity contribution in [2.45, 2.75) is 32.2 Å².